The van der Waals surface area contributed by atoms with Crippen LogP contribution in [0.3, 0.4) is 0 Å². The lowest BCUT2D eigenvalue weighted by Crippen LogP contribution is -2.41. The zero-order valence-corrected chi connectivity index (χ0v) is 17.5. The molecule has 1 atom stereocenters. The summed E-state index contributed by atoms with van der Waals surface area (Å²) in [6.45, 7) is 5.21. The fourth-order valence-corrected chi connectivity index (χ4v) is 2.15. The number of guanidine groups is 1. The Kier molecular flexibility index (Phi) is 9.62. The van der Waals surface area contributed by atoms with Crippen molar-refractivity contribution in [2.24, 2.45) is 10.7 Å². The molecule has 2 rings (SSSR count). The number of nitrogens with zero attached hydrogens (tertiary/aromatic N) is 1. The van der Waals surface area contributed by atoms with E-state index >= 15 is 0 Å². The second-order valence-corrected chi connectivity index (χ2v) is 5.59. The van der Waals surface area contributed by atoms with Crippen molar-refractivity contribution in [3.05, 3.63) is 53.7 Å². The summed E-state index contributed by atoms with van der Waals surface area (Å²) < 4.78 is 24.1. The molecule has 1 aromatic heterocycles. The van der Waals surface area contributed by atoms with Gasteiger partial charge in [-0.15, -0.1) is 24.0 Å². The van der Waals surface area contributed by atoms with Crippen LogP contribution < -0.4 is 21.1 Å². The zero-order valence-electron chi connectivity index (χ0n) is 15.2. The third-order valence-corrected chi connectivity index (χ3v) is 3.33. The first-order valence-electron chi connectivity index (χ1n) is 8.31. The molecule has 0 radical (unpaired) electrons. The number of aliphatic imine (C=N–C) groups is 1. The summed E-state index contributed by atoms with van der Waals surface area (Å²) in [6, 6.07) is 9.17. The quantitative estimate of drug-likeness (QED) is 0.300. The molecule has 0 aliphatic heterocycles. The lowest BCUT2D eigenvalue weighted by atomic mass is 10.3. The fourth-order valence-electron chi connectivity index (χ4n) is 2.15. The first-order chi connectivity index (χ1) is 12.5. The van der Waals surface area contributed by atoms with Crippen LogP contribution in [-0.4, -0.2) is 31.1 Å². The van der Waals surface area contributed by atoms with Gasteiger partial charge in [0, 0.05) is 12.6 Å². The predicted octanol–water partition coefficient (Wildman–Crippen LogP) is 2.66. The molecule has 0 fully saturated rings. The Bertz CT molecular complexity index is 767. The SMILES string of the molecule is CCNC(=NCc1ccc(C(N)=O)o1)NCC(C)Oc1cccc(F)c1.I. The number of hydrogen-bond acceptors (Lipinski definition) is 4. The number of carbonyl (C=O) groups is 1. The third-order valence-electron chi connectivity index (χ3n) is 3.33. The van der Waals surface area contributed by atoms with Crippen molar-refractivity contribution in [2.75, 3.05) is 13.1 Å². The smallest absolute Gasteiger partial charge is 0.284 e. The van der Waals surface area contributed by atoms with Crippen molar-refractivity contribution < 1.29 is 18.3 Å². The highest BCUT2D eigenvalue weighted by atomic mass is 127. The molecule has 0 spiro atoms. The first kappa shape index (κ1) is 22.7. The Morgan fingerprint density at radius 1 is 1.33 bits per heavy atom. The van der Waals surface area contributed by atoms with Crippen molar-refractivity contribution in [2.45, 2.75) is 26.5 Å². The van der Waals surface area contributed by atoms with E-state index in [-0.39, 0.29) is 48.2 Å². The van der Waals surface area contributed by atoms with E-state index in [9.17, 15) is 9.18 Å². The van der Waals surface area contributed by atoms with E-state index < -0.39 is 5.91 Å². The highest BCUT2D eigenvalue weighted by Gasteiger charge is 2.08. The minimum atomic E-state index is -0.617. The van der Waals surface area contributed by atoms with Gasteiger partial charge in [0.25, 0.3) is 5.91 Å². The van der Waals surface area contributed by atoms with Gasteiger partial charge in [-0.2, -0.15) is 0 Å². The van der Waals surface area contributed by atoms with Crippen LogP contribution in [0.1, 0.15) is 30.2 Å². The Balaban J connectivity index is 0.00000364. The summed E-state index contributed by atoms with van der Waals surface area (Å²) in [6.07, 6.45) is -0.203. The van der Waals surface area contributed by atoms with Crippen LogP contribution in [0, 0.1) is 5.82 Å². The fraction of sp³-hybridized carbons (Fsp3) is 0.333. The van der Waals surface area contributed by atoms with Gasteiger partial charge in [0.1, 0.15) is 30.0 Å². The van der Waals surface area contributed by atoms with Gasteiger partial charge in [0.05, 0.1) is 6.54 Å². The number of hydrogen-bond donors (Lipinski definition) is 3. The van der Waals surface area contributed by atoms with Crippen LogP contribution in [0.2, 0.25) is 0 Å². The van der Waals surface area contributed by atoms with Gasteiger partial charge in [-0.05, 0) is 38.1 Å². The molecule has 2 aromatic rings. The molecule has 27 heavy (non-hydrogen) atoms. The van der Waals surface area contributed by atoms with E-state index in [4.69, 9.17) is 14.9 Å². The molecular formula is C18H24FIN4O3. The number of benzene rings is 1. The molecule has 1 amide bonds. The minimum Gasteiger partial charge on any atom is -0.489 e. The Labute approximate surface area is 174 Å². The summed E-state index contributed by atoms with van der Waals surface area (Å²) in [7, 11) is 0. The predicted molar refractivity (Wildman–Crippen MR) is 112 cm³/mol. The standard InChI is InChI=1S/C18H23FN4O3.HI/c1-3-21-18(23-11-15-7-8-16(26-15)17(20)24)22-10-12(2)25-14-6-4-5-13(19)9-14;/h4-9,12H,3,10-11H2,1-2H3,(H2,20,24)(H2,21,22,23);1H. The van der Waals surface area contributed by atoms with Crippen LogP contribution in [0.25, 0.3) is 0 Å². The number of nitrogens with two attached hydrogens (primary N) is 1. The van der Waals surface area contributed by atoms with E-state index in [1.54, 1.807) is 18.2 Å². The molecular weight excluding hydrogens is 466 g/mol. The largest absolute Gasteiger partial charge is 0.489 e. The average Bonchev–Trinajstić information content (AvgIpc) is 3.07. The maximum Gasteiger partial charge on any atom is 0.284 e. The topological polar surface area (TPSA) is 102 Å². The van der Waals surface area contributed by atoms with E-state index in [1.165, 1.54) is 18.2 Å². The number of carbonyl (C=O) groups excluding carboxylic acids is 1. The number of furan rings is 1. The van der Waals surface area contributed by atoms with E-state index in [0.717, 1.165) is 0 Å². The number of primary amides is 1. The van der Waals surface area contributed by atoms with Gasteiger partial charge in [-0.3, -0.25) is 4.79 Å². The Morgan fingerprint density at radius 3 is 2.74 bits per heavy atom. The molecule has 9 heteroatoms. The van der Waals surface area contributed by atoms with E-state index in [1.807, 2.05) is 13.8 Å². The summed E-state index contributed by atoms with van der Waals surface area (Å²) in [5.41, 5.74) is 5.15. The second-order valence-electron chi connectivity index (χ2n) is 5.59. The maximum absolute atomic E-state index is 13.2. The minimum absolute atomic E-state index is 0. The molecule has 0 saturated heterocycles. The second kappa shape index (κ2) is 11.4. The highest BCUT2D eigenvalue weighted by molar-refractivity contribution is 14.0. The summed E-state index contributed by atoms with van der Waals surface area (Å²) in [4.78, 5) is 15.4. The van der Waals surface area contributed by atoms with E-state index in [2.05, 4.69) is 15.6 Å². The monoisotopic (exact) mass is 490 g/mol. The highest BCUT2D eigenvalue weighted by Crippen LogP contribution is 2.13. The molecule has 0 saturated carbocycles. The number of nitrogens with one attached hydrogen (secondary N) is 2. The van der Waals surface area contributed by atoms with Gasteiger partial charge in [0.2, 0.25) is 0 Å². The van der Waals surface area contributed by atoms with Crippen LogP contribution in [0.4, 0.5) is 4.39 Å². The van der Waals surface area contributed by atoms with Gasteiger partial charge in [-0.1, -0.05) is 6.07 Å². The molecule has 1 aromatic carbocycles. The van der Waals surface area contributed by atoms with Crippen LogP contribution in [0.5, 0.6) is 5.75 Å². The normalized spacial score (nSPS) is 12.0. The van der Waals surface area contributed by atoms with Crippen molar-refractivity contribution in [1.82, 2.24) is 10.6 Å². The lowest BCUT2D eigenvalue weighted by molar-refractivity contribution is 0.0972. The molecule has 0 aliphatic rings. The van der Waals surface area contributed by atoms with Gasteiger partial charge < -0.3 is 25.5 Å². The van der Waals surface area contributed by atoms with Gasteiger partial charge in [0.15, 0.2) is 11.7 Å². The Morgan fingerprint density at radius 2 is 2.11 bits per heavy atom. The number of ether oxygens (including phenoxy) is 1. The lowest BCUT2D eigenvalue weighted by Gasteiger charge is -2.17. The number of amides is 1. The molecule has 1 unspecified atom stereocenters. The average molecular weight is 490 g/mol. The third kappa shape index (κ3) is 7.85. The Hall–Kier alpha value is -2.30. The number of rotatable bonds is 8. The molecule has 4 N–H and O–H groups in total. The zero-order chi connectivity index (χ0) is 18.9. The van der Waals surface area contributed by atoms with Crippen molar-refractivity contribution in [3.63, 3.8) is 0 Å². The molecule has 7 nitrogen and oxygen atoms in total. The number of halogens is 2. The van der Waals surface area contributed by atoms with Crippen LogP contribution in [-0.2, 0) is 6.54 Å². The van der Waals surface area contributed by atoms with Crippen LogP contribution >= 0.6 is 24.0 Å². The summed E-state index contributed by atoms with van der Waals surface area (Å²) in [5.74, 6) is 0.709. The molecule has 0 bridgehead atoms. The van der Waals surface area contributed by atoms with Crippen molar-refractivity contribution in [3.8, 4) is 5.75 Å². The maximum atomic E-state index is 13.2. The van der Waals surface area contributed by atoms with E-state index in [0.29, 0.717) is 30.6 Å². The molecule has 1 heterocycles. The molecule has 0 aliphatic carbocycles. The summed E-state index contributed by atoms with van der Waals surface area (Å²) >= 11 is 0. The summed E-state index contributed by atoms with van der Waals surface area (Å²) in [5, 5.41) is 6.24. The van der Waals surface area contributed by atoms with Crippen LogP contribution in [0.15, 0.2) is 45.8 Å². The molecule has 148 valence electrons. The first-order valence-corrected chi connectivity index (χ1v) is 8.31. The van der Waals surface area contributed by atoms with Crippen molar-refractivity contribution >= 4 is 35.8 Å². The van der Waals surface area contributed by atoms with Crippen molar-refractivity contribution in [1.29, 1.82) is 0 Å². The van der Waals surface area contributed by atoms with Gasteiger partial charge >= 0.3 is 0 Å². The van der Waals surface area contributed by atoms with Gasteiger partial charge in [-0.25, -0.2) is 9.38 Å².